The van der Waals surface area contributed by atoms with Crippen LogP contribution in [0.1, 0.15) is 23.2 Å². The van der Waals surface area contributed by atoms with E-state index in [2.05, 4.69) is 0 Å². The molecule has 174 valence electrons. The van der Waals surface area contributed by atoms with E-state index in [9.17, 15) is 41.0 Å². The van der Waals surface area contributed by atoms with Crippen LogP contribution in [-0.2, 0) is 10.0 Å². The molecule has 1 aliphatic rings. The van der Waals surface area contributed by atoms with E-state index in [4.69, 9.17) is 11.6 Å². The highest BCUT2D eigenvalue weighted by Crippen LogP contribution is 2.31. The van der Waals surface area contributed by atoms with E-state index >= 15 is 0 Å². The predicted octanol–water partition coefficient (Wildman–Crippen LogP) is 2.66. The number of hydrogen-bond acceptors (Lipinski definition) is 5. The Labute approximate surface area is 185 Å². The van der Waals surface area contributed by atoms with Gasteiger partial charge in [-0.2, -0.15) is 4.31 Å². The lowest BCUT2D eigenvalue weighted by Crippen LogP contribution is -2.48. The van der Waals surface area contributed by atoms with Crippen molar-refractivity contribution in [1.82, 2.24) is 4.31 Å². The molecule has 3 N–H and O–H groups in total. The summed E-state index contributed by atoms with van der Waals surface area (Å²) in [6.07, 6.45) is -0.181. The molecule has 0 aromatic heterocycles. The molecule has 2 aromatic rings. The van der Waals surface area contributed by atoms with Gasteiger partial charge in [-0.25, -0.2) is 26.0 Å². The first-order valence-corrected chi connectivity index (χ1v) is 11.0. The summed E-state index contributed by atoms with van der Waals surface area (Å²) in [7, 11) is -4.46. The summed E-state index contributed by atoms with van der Waals surface area (Å²) in [5, 5.41) is 20.8. The van der Waals surface area contributed by atoms with Crippen molar-refractivity contribution in [3.8, 4) is 0 Å². The highest BCUT2D eigenvalue weighted by atomic mass is 35.5. The zero-order chi connectivity index (χ0) is 23.8. The van der Waals surface area contributed by atoms with Crippen molar-refractivity contribution in [2.45, 2.75) is 23.3 Å². The van der Waals surface area contributed by atoms with Gasteiger partial charge in [0.05, 0.1) is 22.8 Å². The SMILES string of the molecule is O=C(Nc1cc(F)c(F)c(F)c1)c1cc(S(=O)(=O)N2CCC(O)(CO)CC2)c(F)cc1Cl. The number of nitrogens with zero attached hydrogens (tertiary/aromatic N) is 1. The van der Waals surface area contributed by atoms with Gasteiger partial charge >= 0.3 is 0 Å². The van der Waals surface area contributed by atoms with Crippen LogP contribution in [0.5, 0.6) is 0 Å². The van der Waals surface area contributed by atoms with Gasteiger partial charge in [-0.05, 0) is 25.0 Å². The van der Waals surface area contributed by atoms with Crippen molar-refractivity contribution >= 4 is 33.2 Å². The fourth-order valence-corrected chi connectivity index (χ4v) is 4.92. The molecule has 2 aromatic carbocycles. The molecule has 0 unspecified atom stereocenters. The van der Waals surface area contributed by atoms with Crippen LogP contribution in [0.2, 0.25) is 5.02 Å². The van der Waals surface area contributed by atoms with E-state index in [0.717, 1.165) is 4.31 Å². The Balaban J connectivity index is 1.91. The van der Waals surface area contributed by atoms with Crippen LogP contribution < -0.4 is 5.32 Å². The van der Waals surface area contributed by atoms with Crippen LogP contribution in [-0.4, -0.2) is 54.1 Å². The number of carbonyl (C=O) groups is 1. The molecule has 3 rings (SSSR count). The summed E-state index contributed by atoms with van der Waals surface area (Å²) in [5.41, 5.74) is -2.44. The van der Waals surface area contributed by atoms with Gasteiger partial charge in [0.2, 0.25) is 10.0 Å². The lowest BCUT2D eigenvalue weighted by molar-refractivity contribution is -0.0480. The zero-order valence-electron chi connectivity index (χ0n) is 16.2. The molecule has 1 aliphatic heterocycles. The number of halogens is 5. The molecule has 1 fully saturated rings. The summed E-state index contributed by atoms with van der Waals surface area (Å²) >= 11 is 5.86. The first-order chi connectivity index (χ1) is 14.9. The van der Waals surface area contributed by atoms with Gasteiger partial charge in [-0.3, -0.25) is 4.79 Å². The summed E-state index contributed by atoms with van der Waals surface area (Å²) < 4.78 is 81.0. The number of anilines is 1. The number of rotatable bonds is 5. The third-order valence-electron chi connectivity index (χ3n) is 5.07. The molecule has 13 heteroatoms. The highest BCUT2D eigenvalue weighted by molar-refractivity contribution is 7.89. The largest absolute Gasteiger partial charge is 0.393 e. The van der Waals surface area contributed by atoms with Crippen molar-refractivity contribution in [2.24, 2.45) is 0 Å². The van der Waals surface area contributed by atoms with Gasteiger partial charge in [0, 0.05) is 30.9 Å². The molecule has 32 heavy (non-hydrogen) atoms. The lowest BCUT2D eigenvalue weighted by Gasteiger charge is -2.36. The van der Waals surface area contributed by atoms with Crippen LogP contribution in [0, 0.1) is 23.3 Å². The predicted molar refractivity (Wildman–Crippen MR) is 106 cm³/mol. The average Bonchev–Trinajstić information content (AvgIpc) is 2.72. The number of carbonyl (C=O) groups excluding carboxylic acids is 1. The Morgan fingerprint density at radius 2 is 1.62 bits per heavy atom. The van der Waals surface area contributed by atoms with E-state index in [0.29, 0.717) is 24.3 Å². The maximum atomic E-state index is 14.5. The number of hydrogen-bond donors (Lipinski definition) is 3. The molecule has 0 atom stereocenters. The number of nitrogens with one attached hydrogen (secondary N) is 1. The minimum absolute atomic E-state index is 0.0903. The Morgan fingerprint density at radius 3 is 2.16 bits per heavy atom. The van der Waals surface area contributed by atoms with Crippen LogP contribution in [0.3, 0.4) is 0 Å². The fraction of sp³-hybridized carbons (Fsp3) is 0.316. The Kier molecular flexibility index (Phi) is 6.82. The van der Waals surface area contributed by atoms with Crippen molar-refractivity contribution in [3.63, 3.8) is 0 Å². The number of amides is 1. The smallest absolute Gasteiger partial charge is 0.257 e. The Hall–Kier alpha value is -2.25. The first kappa shape index (κ1) is 24.4. The molecular weight excluding hydrogens is 480 g/mol. The van der Waals surface area contributed by atoms with Gasteiger partial charge in [0.15, 0.2) is 17.5 Å². The van der Waals surface area contributed by atoms with E-state index in [1.807, 2.05) is 5.32 Å². The Bertz CT molecular complexity index is 1150. The topological polar surface area (TPSA) is 107 Å². The second-order valence-electron chi connectivity index (χ2n) is 7.26. The van der Waals surface area contributed by atoms with E-state index in [-0.39, 0.29) is 25.9 Å². The van der Waals surface area contributed by atoms with Gasteiger partial charge in [0.25, 0.3) is 5.91 Å². The number of piperidine rings is 1. The monoisotopic (exact) mass is 496 g/mol. The highest BCUT2D eigenvalue weighted by Gasteiger charge is 2.38. The molecule has 1 heterocycles. The van der Waals surface area contributed by atoms with Crippen LogP contribution in [0.15, 0.2) is 29.2 Å². The molecule has 7 nitrogen and oxygen atoms in total. The zero-order valence-corrected chi connectivity index (χ0v) is 17.8. The summed E-state index contributed by atoms with van der Waals surface area (Å²) in [5.74, 6) is -7.24. The number of sulfonamides is 1. The van der Waals surface area contributed by atoms with Crippen molar-refractivity contribution < 1.29 is 41.0 Å². The molecule has 0 spiro atoms. The third kappa shape index (κ3) is 4.74. The van der Waals surface area contributed by atoms with Gasteiger partial charge in [-0.15, -0.1) is 0 Å². The second kappa shape index (κ2) is 8.94. The van der Waals surface area contributed by atoms with Crippen molar-refractivity contribution in [1.29, 1.82) is 0 Å². The lowest BCUT2D eigenvalue weighted by atomic mass is 9.94. The van der Waals surface area contributed by atoms with Crippen LogP contribution in [0.4, 0.5) is 23.2 Å². The quantitative estimate of drug-likeness (QED) is 0.436. The minimum Gasteiger partial charge on any atom is -0.393 e. The average molecular weight is 497 g/mol. The summed E-state index contributed by atoms with van der Waals surface area (Å²) in [4.78, 5) is 11.6. The van der Waals surface area contributed by atoms with Gasteiger partial charge in [0.1, 0.15) is 10.7 Å². The summed E-state index contributed by atoms with van der Waals surface area (Å²) in [6.45, 7) is -0.987. The molecule has 1 amide bonds. The first-order valence-electron chi connectivity index (χ1n) is 9.16. The minimum atomic E-state index is -4.46. The maximum Gasteiger partial charge on any atom is 0.257 e. The normalized spacial score (nSPS) is 16.7. The molecule has 0 bridgehead atoms. The van der Waals surface area contributed by atoms with Gasteiger partial charge in [-0.1, -0.05) is 11.6 Å². The van der Waals surface area contributed by atoms with E-state index in [1.54, 1.807) is 0 Å². The molecule has 0 radical (unpaired) electrons. The molecular formula is C19H17ClF4N2O5S. The van der Waals surface area contributed by atoms with Crippen LogP contribution in [0.25, 0.3) is 0 Å². The standard InChI is InChI=1S/C19H17ClF4N2O5S/c20-12-8-13(21)16(32(30,31)26-3-1-19(29,9-27)2-4-26)7-11(12)18(28)25-10-5-14(22)17(24)15(23)6-10/h5-8,27,29H,1-4,9H2,(H,25,28). The molecule has 0 aliphatic carbocycles. The fourth-order valence-electron chi connectivity index (χ4n) is 3.17. The van der Waals surface area contributed by atoms with Gasteiger partial charge < -0.3 is 15.5 Å². The van der Waals surface area contributed by atoms with E-state index < -0.39 is 72.6 Å². The molecule has 0 saturated carbocycles. The van der Waals surface area contributed by atoms with E-state index in [1.165, 1.54) is 0 Å². The van der Waals surface area contributed by atoms with Crippen LogP contribution >= 0.6 is 11.6 Å². The number of aliphatic hydroxyl groups is 2. The maximum absolute atomic E-state index is 14.5. The van der Waals surface area contributed by atoms with Crippen molar-refractivity contribution in [2.75, 3.05) is 25.0 Å². The Morgan fingerprint density at radius 1 is 1.06 bits per heavy atom. The second-order valence-corrected chi connectivity index (χ2v) is 9.57. The summed E-state index contributed by atoms with van der Waals surface area (Å²) in [6, 6.07) is 2.28. The molecule has 1 saturated heterocycles. The number of aliphatic hydroxyl groups excluding tert-OH is 1. The van der Waals surface area contributed by atoms with Crippen molar-refractivity contribution in [3.05, 3.63) is 58.1 Å². The number of benzene rings is 2. The third-order valence-corrected chi connectivity index (χ3v) is 7.30.